The van der Waals surface area contributed by atoms with Crippen LogP contribution in [0.4, 0.5) is 11.4 Å². The third kappa shape index (κ3) is 3.65. The summed E-state index contributed by atoms with van der Waals surface area (Å²) in [4.78, 5) is 25.8. The lowest BCUT2D eigenvalue weighted by atomic mass is 10.1. The maximum atomic E-state index is 12.9. The first-order valence-electron chi connectivity index (χ1n) is 8.41. The molecule has 1 heterocycles. The van der Waals surface area contributed by atoms with E-state index in [-0.39, 0.29) is 17.9 Å². The molecule has 5 heteroatoms. The highest BCUT2D eigenvalue weighted by Gasteiger charge is 2.33. The van der Waals surface area contributed by atoms with Crippen molar-refractivity contribution in [3.63, 3.8) is 0 Å². The Balaban J connectivity index is 1.70. The van der Waals surface area contributed by atoms with Gasteiger partial charge in [-0.25, -0.2) is 0 Å². The maximum Gasteiger partial charge on any atom is 0.268 e. The minimum Gasteiger partial charge on any atom is -0.481 e. The molecule has 0 aromatic heterocycles. The van der Waals surface area contributed by atoms with E-state index in [1.165, 1.54) is 12.5 Å². The molecule has 0 saturated carbocycles. The van der Waals surface area contributed by atoms with Crippen LogP contribution in [0.25, 0.3) is 0 Å². The predicted molar refractivity (Wildman–Crippen MR) is 97.9 cm³/mol. The van der Waals surface area contributed by atoms with Gasteiger partial charge in [0.2, 0.25) is 5.91 Å². The van der Waals surface area contributed by atoms with Crippen molar-refractivity contribution in [2.24, 2.45) is 0 Å². The van der Waals surface area contributed by atoms with Gasteiger partial charge in [0.05, 0.1) is 0 Å². The summed E-state index contributed by atoms with van der Waals surface area (Å²) in [5.41, 5.74) is 2.85. The summed E-state index contributed by atoms with van der Waals surface area (Å²) in [6.07, 6.45) is 0.264. The molecule has 2 amide bonds. The number of hydrogen-bond acceptors (Lipinski definition) is 3. The number of fused-ring (bicyclic) bond motifs is 1. The van der Waals surface area contributed by atoms with Crippen LogP contribution in [0.15, 0.2) is 48.5 Å². The van der Waals surface area contributed by atoms with Crippen molar-refractivity contribution in [1.29, 1.82) is 0 Å². The zero-order valence-electron chi connectivity index (χ0n) is 14.7. The molecule has 0 aliphatic carbocycles. The fourth-order valence-corrected chi connectivity index (χ4v) is 3.17. The molecule has 0 spiro atoms. The molecule has 1 aliphatic heterocycles. The van der Waals surface area contributed by atoms with Gasteiger partial charge in [0, 0.05) is 24.3 Å². The smallest absolute Gasteiger partial charge is 0.268 e. The highest BCUT2D eigenvalue weighted by Crippen LogP contribution is 2.32. The number of anilines is 2. The summed E-state index contributed by atoms with van der Waals surface area (Å²) >= 11 is 0. The van der Waals surface area contributed by atoms with E-state index in [4.69, 9.17) is 4.74 Å². The number of nitrogens with zero attached hydrogens (tertiary/aromatic N) is 1. The Kier molecular flexibility index (Phi) is 4.74. The van der Waals surface area contributed by atoms with Crippen molar-refractivity contribution in [3.05, 3.63) is 54.1 Å². The highest BCUT2D eigenvalue weighted by molar-refractivity contribution is 5.99. The normalized spacial score (nSPS) is 16.9. The van der Waals surface area contributed by atoms with E-state index < -0.39 is 6.10 Å². The minimum atomic E-state index is -0.597. The Bertz CT molecular complexity index is 786. The summed E-state index contributed by atoms with van der Waals surface area (Å²) in [6.45, 7) is 5.27. The standard InChI is InChI=1S/C20H22N2O3/c1-13-12-16-6-4-5-7-19(16)22(13)20(24)14(2)25-18-10-8-17(9-11-18)21-15(3)23/h4-11,13-14H,12H2,1-3H3,(H,21,23). The number of rotatable bonds is 4. The van der Waals surface area contributed by atoms with Gasteiger partial charge in [0.1, 0.15) is 5.75 Å². The zero-order valence-corrected chi connectivity index (χ0v) is 14.7. The molecular weight excluding hydrogens is 316 g/mol. The second-order valence-corrected chi connectivity index (χ2v) is 6.36. The van der Waals surface area contributed by atoms with Crippen LogP contribution >= 0.6 is 0 Å². The van der Waals surface area contributed by atoms with E-state index >= 15 is 0 Å². The van der Waals surface area contributed by atoms with Crippen LogP contribution in [0, 0.1) is 0 Å². The van der Waals surface area contributed by atoms with Gasteiger partial charge in [-0.3, -0.25) is 9.59 Å². The molecule has 3 rings (SSSR count). The number of carbonyl (C=O) groups excluding carboxylic acids is 2. The Hall–Kier alpha value is -2.82. The van der Waals surface area contributed by atoms with E-state index in [2.05, 4.69) is 11.4 Å². The van der Waals surface area contributed by atoms with Gasteiger partial charge in [0.15, 0.2) is 6.10 Å². The molecule has 25 heavy (non-hydrogen) atoms. The van der Waals surface area contributed by atoms with E-state index in [1.54, 1.807) is 31.2 Å². The molecule has 0 radical (unpaired) electrons. The maximum absolute atomic E-state index is 12.9. The summed E-state index contributed by atoms with van der Waals surface area (Å²) in [5.74, 6) is 0.414. The predicted octanol–water partition coefficient (Wildman–Crippen LogP) is 3.39. The largest absolute Gasteiger partial charge is 0.481 e. The van der Waals surface area contributed by atoms with Crippen LogP contribution in [0.2, 0.25) is 0 Å². The third-order valence-electron chi connectivity index (χ3n) is 4.28. The second-order valence-electron chi connectivity index (χ2n) is 6.36. The molecule has 2 atom stereocenters. The number of benzene rings is 2. The lowest BCUT2D eigenvalue weighted by Gasteiger charge is -2.26. The van der Waals surface area contributed by atoms with Crippen LogP contribution in [0.5, 0.6) is 5.75 Å². The monoisotopic (exact) mass is 338 g/mol. The van der Waals surface area contributed by atoms with Gasteiger partial charge in [0.25, 0.3) is 5.91 Å². The number of ether oxygens (including phenoxy) is 1. The van der Waals surface area contributed by atoms with Crippen molar-refractivity contribution >= 4 is 23.2 Å². The minimum absolute atomic E-state index is 0.0524. The number of carbonyl (C=O) groups is 2. The highest BCUT2D eigenvalue weighted by atomic mass is 16.5. The first kappa shape index (κ1) is 17.0. The van der Waals surface area contributed by atoms with Crippen LogP contribution in [0.1, 0.15) is 26.3 Å². The molecule has 1 aliphatic rings. The molecule has 0 saturated heterocycles. The molecule has 5 nitrogen and oxygen atoms in total. The zero-order chi connectivity index (χ0) is 18.0. The average Bonchev–Trinajstić information content (AvgIpc) is 2.91. The SMILES string of the molecule is CC(=O)Nc1ccc(OC(C)C(=O)N2c3ccccc3CC2C)cc1. The van der Waals surface area contributed by atoms with Gasteiger partial charge in [-0.05, 0) is 56.2 Å². The Morgan fingerprint density at radius 1 is 1.16 bits per heavy atom. The van der Waals surface area contributed by atoms with Crippen molar-refractivity contribution in [1.82, 2.24) is 0 Å². The van der Waals surface area contributed by atoms with E-state index in [9.17, 15) is 9.59 Å². The van der Waals surface area contributed by atoms with Crippen molar-refractivity contribution < 1.29 is 14.3 Å². The first-order chi connectivity index (χ1) is 12.0. The second kappa shape index (κ2) is 6.97. The van der Waals surface area contributed by atoms with Crippen LogP contribution in [-0.4, -0.2) is 24.0 Å². The van der Waals surface area contributed by atoms with Crippen LogP contribution < -0.4 is 15.0 Å². The lowest BCUT2D eigenvalue weighted by molar-refractivity contribution is -0.124. The van der Waals surface area contributed by atoms with Crippen molar-refractivity contribution in [2.45, 2.75) is 39.3 Å². The molecular formula is C20H22N2O3. The van der Waals surface area contributed by atoms with Gasteiger partial charge in [-0.2, -0.15) is 0 Å². The van der Waals surface area contributed by atoms with Gasteiger partial charge in [-0.1, -0.05) is 18.2 Å². The van der Waals surface area contributed by atoms with Crippen molar-refractivity contribution in [2.75, 3.05) is 10.2 Å². The van der Waals surface area contributed by atoms with Gasteiger partial charge >= 0.3 is 0 Å². The van der Waals surface area contributed by atoms with E-state index in [0.717, 1.165) is 12.1 Å². The van der Waals surface area contributed by atoms with Crippen LogP contribution in [-0.2, 0) is 16.0 Å². The summed E-state index contributed by atoms with van der Waals surface area (Å²) < 4.78 is 5.81. The fraction of sp³-hybridized carbons (Fsp3) is 0.300. The molecule has 2 aromatic rings. The van der Waals surface area contributed by atoms with Gasteiger partial charge in [-0.15, -0.1) is 0 Å². The number of hydrogen-bond donors (Lipinski definition) is 1. The van der Waals surface area contributed by atoms with Crippen LogP contribution in [0.3, 0.4) is 0 Å². The Morgan fingerprint density at radius 2 is 1.84 bits per heavy atom. The molecule has 130 valence electrons. The van der Waals surface area contributed by atoms with E-state index in [0.29, 0.717) is 11.4 Å². The Morgan fingerprint density at radius 3 is 2.52 bits per heavy atom. The molecule has 1 N–H and O–H groups in total. The summed E-state index contributed by atoms with van der Waals surface area (Å²) in [6, 6.07) is 15.1. The summed E-state index contributed by atoms with van der Waals surface area (Å²) in [7, 11) is 0. The fourth-order valence-electron chi connectivity index (χ4n) is 3.17. The van der Waals surface area contributed by atoms with Gasteiger partial charge < -0.3 is 15.0 Å². The number of amides is 2. The molecule has 2 unspecified atom stereocenters. The van der Waals surface area contributed by atoms with Crippen molar-refractivity contribution in [3.8, 4) is 5.75 Å². The molecule has 0 fully saturated rings. The van der Waals surface area contributed by atoms with E-state index in [1.807, 2.05) is 30.0 Å². The topological polar surface area (TPSA) is 58.6 Å². The summed E-state index contributed by atoms with van der Waals surface area (Å²) in [5, 5.41) is 2.70. The Labute approximate surface area is 147 Å². The quantitative estimate of drug-likeness (QED) is 0.929. The average molecular weight is 338 g/mol. The first-order valence-corrected chi connectivity index (χ1v) is 8.41. The molecule has 2 aromatic carbocycles. The lowest BCUT2D eigenvalue weighted by Crippen LogP contribution is -2.43. The third-order valence-corrected chi connectivity index (χ3v) is 4.28. The number of para-hydroxylation sites is 1. The number of nitrogens with one attached hydrogen (secondary N) is 1. The molecule has 0 bridgehead atoms.